The lowest BCUT2D eigenvalue weighted by atomic mass is 10.2. The molecule has 1 aliphatic heterocycles. The van der Waals surface area contributed by atoms with E-state index in [1.54, 1.807) is 12.3 Å². The van der Waals surface area contributed by atoms with Crippen LogP contribution < -0.4 is 10.2 Å². The van der Waals surface area contributed by atoms with Crippen molar-refractivity contribution >= 4 is 28.2 Å². The van der Waals surface area contributed by atoms with Crippen LogP contribution in [0.4, 0.5) is 10.9 Å². The molecule has 1 saturated heterocycles. The number of hydrogen-bond donors (Lipinski definition) is 2. The normalized spacial score (nSPS) is 14.5. The third-order valence-corrected chi connectivity index (χ3v) is 4.70. The van der Waals surface area contributed by atoms with E-state index in [1.807, 2.05) is 29.8 Å². The van der Waals surface area contributed by atoms with Crippen molar-refractivity contribution in [2.45, 2.75) is 0 Å². The number of pyridine rings is 1. The average Bonchev–Trinajstić information content (AvgIpc) is 3.34. The van der Waals surface area contributed by atoms with Crippen LogP contribution in [0.25, 0.3) is 11.4 Å². The number of H-pyrrole nitrogens is 1. The summed E-state index contributed by atoms with van der Waals surface area (Å²) in [6, 6.07) is 7.50. The highest BCUT2D eigenvalue weighted by Crippen LogP contribution is 2.24. The molecule has 0 unspecified atom stereocenters. The molecule has 128 valence electrons. The Balaban J connectivity index is 1.42. The molecule has 1 amide bonds. The van der Waals surface area contributed by atoms with Gasteiger partial charge in [0.2, 0.25) is 0 Å². The number of hydrogen-bond acceptors (Lipinski definition) is 6. The van der Waals surface area contributed by atoms with Gasteiger partial charge < -0.3 is 14.6 Å². The number of amides is 1. The molecule has 25 heavy (non-hydrogen) atoms. The third-order valence-electron chi connectivity index (χ3n) is 3.94. The van der Waals surface area contributed by atoms with Gasteiger partial charge in [0.05, 0.1) is 30.2 Å². The van der Waals surface area contributed by atoms with Crippen LogP contribution in [-0.2, 0) is 4.74 Å². The molecule has 7 nitrogen and oxygen atoms in total. The van der Waals surface area contributed by atoms with E-state index in [2.05, 4.69) is 25.2 Å². The van der Waals surface area contributed by atoms with Gasteiger partial charge in [0, 0.05) is 30.9 Å². The SMILES string of the molecule is O=C(Nc1nc(-c2ccc[nH]2)cs1)c1ccc(N2CCOCC2)nc1. The maximum atomic E-state index is 12.4. The van der Waals surface area contributed by atoms with Crippen LogP contribution in [0.2, 0.25) is 0 Å². The van der Waals surface area contributed by atoms with Crippen LogP contribution in [0.3, 0.4) is 0 Å². The topological polar surface area (TPSA) is 83.1 Å². The number of carbonyl (C=O) groups is 1. The lowest BCUT2D eigenvalue weighted by Gasteiger charge is -2.27. The molecule has 3 aromatic heterocycles. The summed E-state index contributed by atoms with van der Waals surface area (Å²) in [6.45, 7) is 3.05. The van der Waals surface area contributed by atoms with Gasteiger partial charge in [0.1, 0.15) is 5.82 Å². The van der Waals surface area contributed by atoms with Crippen LogP contribution in [0.15, 0.2) is 42.0 Å². The molecule has 4 heterocycles. The summed E-state index contributed by atoms with van der Waals surface area (Å²) < 4.78 is 5.34. The van der Waals surface area contributed by atoms with Gasteiger partial charge in [-0.25, -0.2) is 9.97 Å². The number of aromatic amines is 1. The highest BCUT2D eigenvalue weighted by Gasteiger charge is 2.14. The third kappa shape index (κ3) is 3.54. The van der Waals surface area contributed by atoms with Gasteiger partial charge in [-0.05, 0) is 24.3 Å². The van der Waals surface area contributed by atoms with Crippen molar-refractivity contribution in [2.24, 2.45) is 0 Å². The Morgan fingerprint density at radius 3 is 2.88 bits per heavy atom. The fraction of sp³-hybridized carbons (Fsp3) is 0.235. The molecule has 0 saturated carbocycles. The van der Waals surface area contributed by atoms with E-state index in [4.69, 9.17) is 4.74 Å². The molecule has 1 aliphatic rings. The fourth-order valence-corrected chi connectivity index (χ4v) is 3.32. The van der Waals surface area contributed by atoms with Gasteiger partial charge in [0.15, 0.2) is 5.13 Å². The van der Waals surface area contributed by atoms with E-state index in [9.17, 15) is 4.79 Å². The molecular weight excluding hydrogens is 338 g/mol. The molecule has 3 aromatic rings. The Morgan fingerprint density at radius 1 is 1.28 bits per heavy atom. The Hall–Kier alpha value is -2.71. The van der Waals surface area contributed by atoms with E-state index in [0.717, 1.165) is 30.3 Å². The first-order valence-corrected chi connectivity index (χ1v) is 8.87. The number of carbonyl (C=O) groups excluding carboxylic acids is 1. The number of ether oxygens (including phenoxy) is 1. The highest BCUT2D eigenvalue weighted by atomic mass is 32.1. The molecule has 2 N–H and O–H groups in total. The molecule has 0 atom stereocenters. The Kier molecular flexibility index (Phi) is 4.45. The Bertz CT molecular complexity index is 838. The standard InChI is InChI=1S/C17H17N5O2S/c23-16(21-17-20-14(11-25-17)13-2-1-5-18-13)12-3-4-15(19-10-12)22-6-8-24-9-7-22/h1-5,10-11,18H,6-9H2,(H,20,21,23). The van der Waals surface area contributed by atoms with Crippen molar-refractivity contribution in [2.75, 3.05) is 36.5 Å². The Morgan fingerprint density at radius 2 is 2.16 bits per heavy atom. The molecule has 0 bridgehead atoms. The first kappa shape index (κ1) is 15.8. The van der Waals surface area contributed by atoms with E-state index in [-0.39, 0.29) is 5.91 Å². The van der Waals surface area contributed by atoms with Crippen molar-refractivity contribution in [3.63, 3.8) is 0 Å². The predicted octanol–water partition coefficient (Wildman–Crippen LogP) is 2.62. The van der Waals surface area contributed by atoms with Crippen LogP contribution in [-0.4, -0.2) is 47.2 Å². The summed E-state index contributed by atoms with van der Waals surface area (Å²) in [5.41, 5.74) is 2.24. The van der Waals surface area contributed by atoms with Crippen LogP contribution >= 0.6 is 11.3 Å². The minimum Gasteiger partial charge on any atom is -0.378 e. The first-order valence-electron chi connectivity index (χ1n) is 7.99. The van der Waals surface area contributed by atoms with E-state index < -0.39 is 0 Å². The second-order valence-corrected chi connectivity index (χ2v) is 6.44. The largest absolute Gasteiger partial charge is 0.378 e. The van der Waals surface area contributed by atoms with Gasteiger partial charge >= 0.3 is 0 Å². The number of nitrogens with one attached hydrogen (secondary N) is 2. The molecule has 0 radical (unpaired) electrons. The number of morpholine rings is 1. The lowest BCUT2D eigenvalue weighted by molar-refractivity contribution is 0.102. The number of aromatic nitrogens is 3. The smallest absolute Gasteiger partial charge is 0.259 e. The molecular formula is C17H17N5O2S. The maximum Gasteiger partial charge on any atom is 0.259 e. The summed E-state index contributed by atoms with van der Waals surface area (Å²) in [5.74, 6) is 0.650. The summed E-state index contributed by atoms with van der Waals surface area (Å²) in [6.07, 6.45) is 3.44. The quantitative estimate of drug-likeness (QED) is 0.752. The second-order valence-electron chi connectivity index (χ2n) is 5.58. The van der Waals surface area contributed by atoms with Crippen LogP contribution in [0.1, 0.15) is 10.4 Å². The molecule has 0 aromatic carbocycles. The van der Waals surface area contributed by atoms with Gasteiger partial charge in [0.25, 0.3) is 5.91 Å². The van der Waals surface area contributed by atoms with Crippen molar-refractivity contribution in [3.05, 3.63) is 47.6 Å². The summed E-state index contributed by atoms with van der Waals surface area (Å²) in [4.78, 5) is 26.4. The maximum absolute atomic E-state index is 12.4. The summed E-state index contributed by atoms with van der Waals surface area (Å²) in [5, 5.41) is 5.29. The van der Waals surface area contributed by atoms with Crippen LogP contribution in [0.5, 0.6) is 0 Å². The summed E-state index contributed by atoms with van der Waals surface area (Å²) >= 11 is 1.39. The average molecular weight is 355 g/mol. The zero-order chi connectivity index (χ0) is 17.1. The first-order chi connectivity index (χ1) is 12.3. The molecule has 0 aliphatic carbocycles. The lowest BCUT2D eigenvalue weighted by Crippen LogP contribution is -2.36. The highest BCUT2D eigenvalue weighted by molar-refractivity contribution is 7.14. The van der Waals surface area contributed by atoms with E-state index >= 15 is 0 Å². The minimum atomic E-state index is -0.214. The van der Waals surface area contributed by atoms with Crippen molar-refractivity contribution < 1.29 is 9.53 Å². The number of anilines is 2. The van der Waals surface area contributed by atoms with Gasteiger partial charge in [-0.3, -0.25) is 10.1 Å². The van der Waals surface area contributed by atoms with Gasteiger partial charge in [-0.15, -0.1) is 11.3 Å². The van der Waals surface area contributed by atoms with Crippen molar-refractivity contribution in [1.29, 1.82) is 0 Å². The van der Waals surface area contributed by atoms with Gasteiger partial charge in [-0.1, -0.05) is 0 Å². The van der Waals surface area contributed by atoms with E-state index in [0.29, 0.717) is 23.9 Å². The molecule has 4 rings (SSSR count). The monoisotopic (exact) mass is 355 g/mol. The van der Waals surface area contributed by atoms with Crippen molar-refractivity contribution in [1.82, 2.24) is 15.0 Å². The zero-order valence-corrected chi connectivity index (χ0v) is 14.3. The molecule has 8 heteroatoms. The van der Waals surface area contributed by atoms with E-state index in [1.165, 1.54) is 11.3 Å². The van der Waals surface area contributed by atoms with Crippen molar-refractivity contribution in [3.8, 4) is 11.4 Å². The fourth-order valence-electron chi connectivity index (χ4n) is 2.61. The van der Waals surface area contributed by atoms with Gasteiger partial charge in [-0.2, -0.15) is 0 Å². The number of thiazole rings is 1. The molecule has 1 fully saturated rings. The Labute approximate surface area is 148 Å². The number of nitrogens with zero attached hydrogens (tertiary/aromatic N) is 3. The summed E-state index contributed by atoms with van der Waals surface area (Å²) in [7, 11) is 0. The zero-order valence-electron chi connectivity index (χ0n) is 13.4. The van der Waals surface area contributed by atoms with Crippen LogP contribution in [0, 0.1) is 0 Å². The second kappa shape index (κ2) is 7.04. The minimum absolute atomic E-state index is 0.214. The number of rotatable bonds is 4. The molecule has 0 spiro atoms. The predicted molar refractivity (Wildman–Crippen MR) is 97.1 cm³/mol.